The molecule has 0 heterocycles. The number of rotatable bonds is 6. The molecule has 0 aromatic heterocycles. The largest absolute Gasteiger partial charge is 0.467 e. The van der Waals surface area contributed by atoms with Gasteiger partial charge in [-0.3, -0.25) is 0 Å². The predicted molar refractivity (Wildman–Crippen MR) is 80.9 cm³/mol. The fraction of sp³-hybridized carbons (Fsp3) is 0.875. The Morgan fingerprint density at radius 2 is 1.81 bits per heavy atom. The number of nitrogens with one attached hydrogen (secondary N) is 1. The van der Waals surface area contributed by atoms with Crippen LogP contribution >= 0.6 is 0 Å². The van der Waals surface area contributed by atoms with Crippen molar-refractivity contribution in [1.82, 2.24) is 5.32 Å². The normalized spacial score (nSPS) is 23.5. The minimum atomic E-state index is -0.630. The van der Waals surface area contributed by atoms with Gasteiger partial charge in [-0.15, -0.1) is 0 Å². The number of hydrogen-bond donors (Lipinski definition) is 1. The zero-order valence-electron chi connectivity index (χ0n) is 13.7. The molecule has 1 saturated carbocycles. The number of alkyl carbamates (subject to hydrolysis) is 1. The summed E-state index contributed by atoms with van der Waals surface area (Å²) in [5.41, 5.74) is 0. The van der Waals surface area contributed by atoms with Crippen LogP contribution in [-0.4, -0.2) is 31.3 Å². The molecule has 0 bridgehead atoms. The number of amides is 1. The van der Waals surface area contributed by atoms with Crippen LogP contribution in [0.3, 0.4) is 0 Å². The average Bonchev–Trinajstić information content (AvgIpc) is 2.46. The molecule has 0 saturated heterocycles. The summed E-state index contributed by atoms with van der Waals surface area (Å²) >= 11 is 0. The minimum Gasteiger partial charge on any atom is -0.467 e. The van der Waals surface area contributed by atoms with Crippen LogP contribution in [0.5, 0.6) is 0 Å². The van der Waals surface area contributed by atoms with Crippen molar-refractivity contribution < 1.29 is 19.1 Å². The van der Waals surface area contributed by atoms with Gasteiger partial charge in [0.1, 0.15) is 12.1 Å². The molecule has 0 aliphatic heterocycles. The summed E-state index contributed by atoms with van der Waals surface area (Å²) in [4.78, 5) is 23.6. The van der Waals surface area contributed by atoms with Gasteiger partial charge in [-0.2, -0.15) is 0 Å². The fourth-order valence-corrected chi connectivity index (χ4v) is 2.81. The van der Waals surface area contributed by atoms with Gasteiger partial charge in [0.15, 0.2) is 0 Å². The second kappa shape index (κ2) is 8.90. The maximum absolute atomic E-state index is 11.9. The number of esters is 1. The number of methoxy groups -OCH3 is 1. The molecule has 5 nitrogen and oxygen atoms in total. The first-order valence-electron chi connectivity index (χ1n) is 8.01. The Morgan fingerprint density at radius 3 is 2.29 bits per heavy atom. The molecule has 0 spiro atoms. The van der Waals surface area contributed by atoms with Crippen LogP contribution in [0, 0.1) is 11.8 Å². The maximum Gasteiger partial charge on any atom is 0.408 e. The van der Waals surface area contributed by atoms with E-state index in [0.29, 0.717) is 6.42 Å². The van der Waals surface area contributed by atoms with Gasteiger partial charge in [0.25, 0.3) is 0 Å². The number of ether oxygens (including phenoxy) is 2. The van der Waals surface area contributed by atoms with Crippen LogP contribution in [0.25, 0.3) is 0 Å². The summed E-state index contributed by atoms with van der Waals surface area (Å²) in [5, 5.41) is 2.64. The molecule has 1 fully saturated rings. The van der Waals surface area contributed by atoms with E-state index in [2.05, 4.69) is 12.2 Å². The molecule has 0 radical (unpaired) electrons. The minimum absolute atomic E-state index is 0.0230. The van der Waals surface area contributed by atoms with Gasteiger partial charge in [-0.1, -0.05) is 27.2 Å². The molecule has 1 aliphatic carbocycles. The van der Waals surface area contributed by atoms with Crippen molar-refractivity contribution in [3.8, 4) is 0 Å². The monoisotopic (exact) mass is 299 g/mol. The van der Waals surface area contributed by atoms with E-state index in [1.165, 1.54) is 13.5 Å². The van der Waals surface area contributed by atoms with Crippen LogP contribution in [0.4, 0.5) is 4.79 Å². The first-order valence-corrected chi connectivity index (χ1v) is 8.01. The van der Waals surface area contributed by atoms with Crippen molar-refractivity contribution in [2.45, 2.75) is 71.4 Å². The third-order valence-corrected chi connectivity index (χ3v) is 4.13. The summed E-state index contributed by atoms with van der Waals surface area (Å²) in [7, 11) is 1.33. The molecule has 0 aromatic carbocycles. The van der Waals surface area contributed by atoms with Gasteiger partial charge < -0.3 is 14.8 Å². The van der Waals surface area contributed by atoms with Gasteiger partial charge >= 0.3 is 12.1 Å². The molecule has 5 heteroatoms. The Labute approximate surface area is 127 Å². The van der Waals surface area contributed by atoms with Crippen LogP contribution in [0.1, 0.15) is 59.3 Å². The van der Waals surface area contributed by atoms with Crippen LogP contribution in [0.2, 0.25) is 0 Å². The fourth-order valence-electron chi connectivity index (χ4n) is 2.81. The Kier molecular flexibility index (Phi) is 7.54. The van der Waals surface area contributed by atoms with Crippen molar-refractivity contribution in [3.63, 3.8) is 0 Å². The van der Waals surface area contributed by atoms with Crippen molar-refractivity contribution in [1.29, 1.82) is 0 Å². The van der Waals surface area contributed by atoms with Gasteiger partial charge in [0, 0.05) is 0 Å². The summed E-state index contributed by atoms with van der Waals surface area (Å²) in [6, 6.07) is -0.630. The van der Waals surface area contributed by atoms with E-state index in [1.807, 2.05) is 13.8 Å². The zero-order valence-corrected chi connectivity index (χ0v) is 13.7. The Morgan fingerprint density at radius 1 is 1.19 bits per heavy atom. The van der Waals surface area contributed by atoms with E-state index in [1.54, 1.807) is 0 Å². The van der Waals surface area contributed by atoms with Crippen molar-refractivity contribution in [2.24, 2.45) is 11.8 Å². The number of hydrogen-bond acceptors (Lipinski definition) is 4. The van der Waals surface area contributed by atoms with Crippen molar-refractivity contribution >= 4 is 12.1 Å². The third-order valence-electron chi connectivity index (χ3n) is 4.13. The van der Waals surface area contributed by atoms with Crippen molar-refractivity contribution in [3.05, 3.63) is 0 Å². The SMILES string of the molecule is CCC1CCC(OC(=O)N[C@@H](CC(C)C)C(=O)OC)CC1. The molecule has 21 heavy (non-hydrogen) atoms. The van der Waals surface area contributed by atoms with Crippen LogP contribution < -0.4 is 5.32 Å². The second-order valence-corrected chi connectivity index (χ2v) is 6.31. The molecule has 0 unspecified atom stereocenters. The van der Waals surface area contributed by atoms with E-state index in [9.17, 15) is 9.59 Å². The topological polar surface area (TPSA) is 64.6 Å². The lowest BCUT2D eigenvalue weighted by atomic mass is 9.86. The van der Waals surface area contributed by atoms with Crippen LogP contribution in [-0.2, 0) is 14.3 Å². The maximum atomic E-state index is 11.9. The molecular weight excluding hydrogens is 270 g/mol. The molecule has 1 atom stereocenters. The van der Waals surface area contributed by atoms with Gasteiger partial charge in [0.05, 0.1) is 7.11 Å². The summed E-state index contributed by atoms with van der Waals surface area (Å²) < 4.78 is 10.2. The molecule has 1 rings (SSSR count). The van der Waals surface area contributed by atoms with Gasteiger partial charge in [-0.25, -0.2) is 9.59 Å². The predicted octanol–water partition coefficient (Wildman–Crippen LogP) is 3.27. The smallest absolute Gasteiger partial charge is 0.408 e. The van der Waals surface area contributed by atoms with E-state index in [-0.39, 0.29) is 12.0 Å². The molecule has 0 aromatic rings. The van der Waals surface area contributed by atoms with E-state index >= 15 is 0 Å². The molecule has 1 aliphatic rings. The highest BCUT2D eigenvalue weighted by Crippen LogP contribution is 2.28. The highest BCUT2D eigenvalue weighted by molar-refractivity contribution is 5.81. The lowest BCUT2D eigenvalue weighted by Gasteiger charge is -2.28. The lowest BCUT2D eigenvalue weighted by Crippen LogP contribution is -2.44. The van der Waals surface area contributed by atoms with Gasteiger partial charge in [0.2, 0.25) is 0 Å². The average molecular weight is 299 g/mol. The summed E-state index contributed by atoms with van der Waals surface area (Å²) in [6.45, 7) is 6.19. The lowest BCUT2D eigenvalue weighted by molar-refractivity contribution is -0.143. The van der Waals surface area contributed by atoms with E-state index in [4.69, 9.17) is 9.47 Å². The van der Waals surface area contributed by atoms with Gasteiger partial charge in [-0.05, 0) is 43.9 Å². The second-order valence-electron chi connectivity index (χ2n) is 6.31. The van der Waals surface area contributed by atoms with E-state index < -0.39 is 18.1 Å². The molecule has 1 amide bonds. The highest BCUT2D eigenvalue weighted by atomic mass is 16.6. The first kappa shape index (κ1) is 17.8. The Balaban J connectivity index is 2.41. The molecular formula is C16H29NO4. The molecule has 122 valence electrons. The summed E-state index contributed by atoms with van der Waals surface area (Å²) in [5.74, 6) is 0.626. The van der Waals surface area contributed by atoms with E-state index in [0.717, 1.165) is 31.6 Å². The quantitative estimate of drug-likeness (QED) is 0.764. The summed E-state index contributed by atoms with van der Waals surface area (Å²) in [6.07, 6.45) is 5.26. The third kappa shape index (κ3) is 6.36. The number of carbonyl (C=O) groups is 2. The molecule has 1 N–H and O–H groups in total. The van der Waals surface area contributed by atoms with Crippen molar-refractivity contribution in [2.75, 3.05) is 7.11 Å². The Hall–Kier alpha value is -1.26. The zero-order chi connectivity index (χ0) is 15.8. The number of carbonyl (C=O) groups excluding carboxylic acids is 2. The first-order chi connectivity index (χ1) is 9.96. The van der Waals surface area contributed by atoms with Crippen LogP contribution in [0.15, 0.2) is 0 Å². The standard InChI is InChI=1S/C16H29NO4/c1-5-12-6-8-13(9-7-12)21-16(19)17-14(10-11(2)3)15(18)20-4/h11-14H,5-10H2,1-4H3,(H,17,19)/t12?,13?,14-/m0/s1. The Bertz CT molecular complexity index is 335. The highest BCUT2D eigenvalue weighted by Gasteiger charge is 2.26.